The first-order valence-corrected chi connectivity index (χ1v) is 11.0. The summed E-state index contributed by atoms with van der Waals surface area (Å²) in [6.45, 7) is 4.18. The summed E-state index contributed by atoms with van der Waals surface area (Å²) in [6, 6.07) is 19.0. The zero-order chi connectivity index (χ0) is 23.3. The van der Waals surface area contributed by atoms with E-state index in [4.69, 9.17) is 35.4 Å². The van der Waals surface area contributed by atoms with Crippen LogP contribution in [0.3, 0.4) is 0 Å². The lowest BCUT2D eigenvalue weighted by molar-refractivity contribution is 0.0976. The van der Waals surface area contributed by atoms with Crippen LogP contribution < -0.4 is 16.0 Å². The molecule has 0 aliphatic rings. The summed E-state index contributed by atoms with van der Waals surface area (Å²) in [6.07, 6.45) is 0. The average molecular weight is 486 g/mol. The van der Waals surface area contributed by atoms with E-state index in [1.165, 1.54) is 6.07 Å². The van der Waals surface area contributed by atoms with Crippen LogP contribution in [-0.4, -0.2) is 16.9 Å². The molecule has 0 radical (unpaired) electrons. The predicted molar refractivity (Wildman–Crippen MR) is 135 cm³/mol. The van der Waals surface area contributed by atoms with Crippen molar-refractivity contribution in [1.82, 2.24) is 5.32 Å². The molecule has 0 spiro atoms. The van der Waals surface area contributed by atoms with Gasteiger partial charge in [-0.25, -0.2) is 0 Å². The van der Waals surface area contributed by atoms with Gasteiger partial charge in [0.25, 0.3) is 11.8 Å². The summed E-state index contributed by atoms with van der Waals surface area (Å²) in [5.74, 6) is -0.289. The molecule has 0 aliphatic carbocycles. The van der Waals surface area contributed by atoms with E-state index >= 15 is 0 Å². The lowest BCUT2D eigenvalue weighted by atomic mass is 10.0. The molecule has 0 atom stereocenters. The molecule has 3 rings (SSSR count). The highest BCUT2D eigenvalue weighted by atomic mass is 35.5. The summed E-state index contributed by atoms with van der Waals surface area (Å²) in [7, 11) is 0. The van der Waals surface area contributed by atoms with Crippen molar-refractivity contribution in [2.24, 2.45) is 0 Å². The number of rotatable bonds is 5. The maximum Gasteiger partial charge on any atom is 0.257 e. The number of benzene rings is 3. The maximum atomic E-state index is 12.5. The SMILES string of the molecule is CC(C)c1ccc(C(=O)NC(=S)Nc2cccc(NC(=O)c3ccc(Cl)cc3Cl)c2)cc1. The van der Waals surface area contributed by atoms with Crippen LogP contribution in [0.15, 0.2) is 66.7 Å². The fourth-order valence-electron chi connectivity index (χ4n) is 2.90. The number of halogens is 2. The van der Waals surface area contributed by atoms with Crippen molar-refractivity contribution >= 4 is 63.7 Å². The van der Waals surface area contributed by atoms with E-state index in [1.54, 1.807) is 48.5 Å². The fraction of sp³-hybridized carbons (Fsp3) is 0.125. The second-order valence-corrected chi connectivity index (χ2v) is 8.60. The number of anilines is 2. The Kier molecular flexibility index (Phi) is 7.85. The van der Waals surface area contributed by atoms with Crippen molar-refractivity contribution in [2.75, 3.05) is 10.6 Å². The van der Waals surface area contributed by atoms with Crippen LogP contribution >= 0.6 is 35.4 Å². The Morgan fingerprint density at radius 2 is 1.50 bits per heavy atom. The van der Waals surface area contributed by atoms with Gasteiger partial charge in [0.2, 0.25) is 0 Å². The number of carbonyl (C=O) groups is 2. The van der Waals surface area contributed by atoms with Gasteiger partial charge in [-0.1, -0.05) is 55.2 Å². The van der Waals surface area contributed by atoms with Crippen LogP contribution in [-0.2, 0) is 0 Å². The first kappa shape index (κ1) is 23.7. The van der Waals surface area contributed by atoms with E-state index in [2.05, 4.69) is 29.8 Å². The molecule has 0 saturated heterocycles. The highest BCUT2D eigenvalue weighted by molar-refractivity contribution is 7.80. The lowest BCUT2D eigenvalue weighted by Gasteiger charge is -2.12. The lowest BCUT2D eigenvalue weighted by Crippen LogP contribution is -2.34. The van der Waals surface area contributed by atoms with Crippen LogP contribution in [0.1, 0.15) is 46.0 Å². The number of nitrogens with one attached hydrogen (secondary N) is 3. The third-order valence-electron chi connectivity index (χ3n) is 4.62. The highest BCUT2D eigenvalue weighted by Gasteiger charge is 2.12. The quantitative estimate of drug-likeness (QED) is 0.360. The van der Waals surface area contributed by atoms with Crippen LogP contribution in [0, 0.1) is 0 Å². The highest BCUT2D eigenvalue weighted by Crippen LogP contribution is 2.23. The molecule has 3 aromatic carbocycles. The van der Waals surface area contributed by atoms with Crippen molar-refractivity contribution in [3.63, 3.8) is 0 Å². The van der Waals surface area contributed by atoms with E-state index < -0.39 is 0 Å². The number of carbonyl (C=O) groups excluding carboxylic acids is 2. The standard InChI is InChI=1S/C24H21Cl2N3O2S/c1-14(2)15-6-8-16(9-7-15)22(30)29-24(32)28-19-5-3-4-18(13-19)27-23(31)20-11-10-17(25)12-21(20)26/h3-14H,1-2H3,(H,27,31)(H2,28,29,30,32). The first-order valence-electron chi connectivity index (χ1n) is 9.81. The molecule has 0 aliphatic heterocycles. The van der Waals surface area contributed by atoms with Crippen molar-refractivity contribution in [1.29, 1.82) is 0 Å². The molecule has 0 saturated carbocycles. The predicted octanol–water partition coefficient (Wildman–Crippen LogP) is 6.50. The first-order chi connectivity index (χ1) is 15.2. The van der Waals surface area contributed by atoms with E-state index in [0.717, 1.165) is 5.56 Å². The van der Waals surface area contributed by atoms with Crippen molar-refractivity contribution in [2.45, 2.75) is 19.8 Å². The Labute approximate surface area is 202 Å². The van der Waals surface area contributed by atoms with Crippen molar-refractivity contribution in [3.8, 4) is 0 Å². The molecular formula is C24H21Cl2N3O2S. The molecule has 0 unspecified atom stereocenters. The Balaban J connectivity index is 1.61. The van der Waals surface area contributed by atoms with Gasteiger partial charge in [0.1, 0.15) is 0 Å². The van der Waals surface area contributed by atoms with E-state index in [-0.39, 0.29) is 21.9 Å². The van der Waals surface area contributed by atoms with E-state index in [9.17, 15) is 9.59 Å². The van der Waals surface area contributed by atoms with Gasteiger partial charge in [-0.2, -0.15) is 0 Å². The third-order valence-corrected chi connectivity index (χ3v) is 5.37. The molecule has 0 aromatic heterocycles. The van der Waals surface area contributed by atoms with Gasteiger partial charge in [0.05, 0.1) is 10.6 Å². The minimum Gasteiger partial charge on any atom is -0.332 e. The number of hydrogen-bond donors (Lipinski definition) is 3. The van der Waals surface area contributed by atoms with Gasteiger partial charge in [-0.05, 0) is 72.2 Å². The molecule has 8 heteroatoms. The van der Waals surface area contributed by atoms with Gasteiger partial charge in [0, 0.05) is 22.0 Å². The average Bonchev–Trinajstić information content (AvgIpc) is 2.73. The van der Waals surface area contributed by atoms with Gasteiger partial charge < -0.3 is 10.6 Å². The maximum absolute atomic E-state index is 12.5. The topological polar surface area (TPSA) is 70.2 Å². The minimum absolute atomic E-state index is 0.146. The number of amides is 2. The summed E-state index contributed by atoms with van der Waals surface area (Å²) in [5.41, 5.74) is 3.11. The van der Waals surface area contributed by atoms with Gasteiger partial charge in [0.15, 0.2) is 5.11 Å². The summed E-state index contributed by atoms with van der Waals surface area (Å²) < 4.78 is 0. The Morgan fingerprint density at radius 3 is 2.12 bits per heavy atom. The van der Waals surface area contributed by atoms with Crippen molar-refractivity contribution < 1.29 is 9.59 Å². The van der Waals surface area contributed by atoms with Gasteiger partial charge >= 0.3 is 0 Å². The summed E-state index contributed by atoms with van der Waals surface area (Å²) >= 11 is 17.2. The number of hydrogen-bond acceptors (Lipinski definition) is 3. The van der Waals surface area contributed by atoms with Crippen LogP contribution in [0.25, 0.3) is 0 Å². The normalized spacial score (nSPS) is 10.5. The van der Waals surface area contributed by atoms with Crippen molar-refractivity contribution in [3.05, 3.63) is 93.5 Å². The molecule has 0 fully saturated rings. The summed E-state index contributed by atoms with van der Waals surface area (Å²) in [4.78, 5) is 24.9. The fourth-order valence-corrected chi connectivity index (χ4v) is 3.61. The van der Waals surface area contributed by atoms with Crippen LogP contribution in [0.5, 0.6) is 0 Å². The molecule has 0 bridgehead atoms. The minimum atomic E-state index is -0.371. The molecule has 2 amide bonds. The smallest absolute Gasteiger partial charge is 0.257 e. The Hall–Kier alpha value is -2.93. The molecule has 3 N–H and O–H groups in total. The summed E-state index contributed by atoms with van der Waals surface area (Å²) in [5, 5.41) is 9.23. The largest absolute Gasteiger partial charge is 0.332 e. The van der Waals surface area contributed by atoms with Crippen LogP contribution in [0.2, 0.25) is 10.0 Å². The second-order valence-electron chi connectivity index (χ2n) is 7.34. The zero-order valence-corrected chi connectivity index (χ0v) is 19.7. The van der Waals surface area contributed by atoms with Crippen LogP contribution in [0.4, 0.5) is 11.4 Å². The third kappa shape index (κ3) is 6.29. The van der Waals surface area contributed by atoms with Gasteiger partial charge in [-0.15, -0.1) is 0 Å². The molecule has 5 nitrogen and oxygen atoms in total. The van der Waals surface area contributed by atoms with E-state index in [1.807, 2.05) is 12.1 Å². The zero-order valence-electron chi connectivity index (χ0n) is 17.4. The second kappa shape index (κ2) is 10.6. The molecule has 0 heterocycles. The van der Waals surface area contributed by atoms with Gasteiger partial charge in [-0.3, -0.25) is 14.9 Å². The number of thiocarbonyl (C=S) groups is 1. The molecular weight excluding hydrogens is 465 g/mol. The van der Waals surface area contributed by atoms with E-state index in [0.29, 0.717) is 33.4 Å². The Bertz CT molecular complexity index is 1160. The molecule has 32 heavy (non-hydrogen) atoms. The Morgan fingerprint density at radius 1 is 0.844 bits per heavy atom. The monoisotopic (exact) mass is 485 g/mol. The molecule has 3 aromatic rings. The molecule has 164 valence electrons.